The zero-order chi connectivity index (χ0) is 19.2. The molecule has 0 bridgehead atoms. The van der Waals surface area contributed by atoms with Gasteiger partial charge >= 0.3 is 0 Å². The van der Waals surface area contributed by atoms with E-state index < -0.39 is 0 Å². The first-order chi connectivity index (χ1) is 13.0. The summed E-state index contributed by atoms with van der Waals surface area (Å²) in [5.41, 5.74) is 1.83. The van der Waals surface area contributed by atoms with Crippen LogP contribution in [0.15, 0.2) is 54.7 Å². The Bertz CT molecular complexity index is 968. The molecule has 138 valence electrons. The van der Waals surface area contributed by atoms with E-state index in [1.807, 2.05) is 30.3 Å². The summed E-state index contributed by atoms with van der Waals surface area (Å²) in [4.78, 5) is 17.3. The SMILES string of the molecule is COc1ccc(C=CC(=O)Nc2ncc(Cc3cc(Cl)ccc3Cl)s2)cc1. The van der Waals surface area contributed by atoms with Gasteiger partial charge in [0.15, 0.2) is 5.13 Å². The number of ether oxygens (including phenoxy) is 1. The number of amides is 1. The predicted octanol–water partition coefficient (Wildman–Crippen LogP) is 5.70. The maximum absolute atomic E-state index is 12.1. The highest BCUT2D eigenvalue weighted by molar-refractivity contribution is 7.15. The van der Waals surface area contributed by atoms with Gasteiger partial charge in [-0.25, -0.2) is 4.98 Å². The molecule has 3 rings (SSSR count). The summed E-state index contributed by atoms with van der Waals surface area (Å²) in [6.07, 6.45) is 5.53. The highest BCUT2D eigenvalue weighted by Gasteiger charge is 2.08. The van der Waals surface area contributed by atoms with E-state index in [0.717, 1.165) is 21.8 Å². The lowest BCUT2D eigenvalue weighted by molar-refractivity contribution is -0.111. The molecule has 2 aromatic carbocycles. The Kier molecular flexibility index (Phi) is 6.50. The molecule has 0 aliphatic heterocycles. The van der Waals surface area contributed by atoms with Crippen LogP contribution in [-0.4, -0.2) is 18.0 Å². The van der Waals surface area contributed by atoms with E-state index in [4.69, 9.17) is 27.9 Å². The minimum Gasteiger partial charge on any atom is -0.497 e. The number of hydrogen-bond acceptors (Lipinski definition) is 4. The standard InChI is InChI=1S/C20H16Cl2N2O2S/c1-26-16-6-2-13(3-7-16)4-9-19(25)24-20-23-12-17(27-20)11-14-10-15(21)5-8-18(14)22/h2-10,12H,11H2,1H3,(H,23,24,25). The number of carbonyl (C=O) groups excluding carboxylic acids is 1. The number of halogens is 2. The van der Waals surface area contributed by atoms with Crippen molar-refractivity contribution in [3.63, 3.8) is 0 Å². The number of nitrogens with zero attached hydrogens (tertiary/aromatic N) is 1. The minimum absolute atomic E-state index is 0.243. The fraction of sp³-hybridized carbons (Fsp3) is 0.100. The molecule has 7 heteroatoms. The summed E-state index contributed by atoms with van der Waals surface area (Å²) in [6, 6.07) is 12.8. The molecule has 3 aromatic rings. The van der Waals surface area contributed by atoms with Crippen LogP contribution in [0.4, 0.5) is 5.13 Å². The minimum atomic E-state index is -0.243. The van der Waals surface area contributed by atoms with E-state index in [0.29, 0.717) is 21.6 Å². The van der Waals surface area contributed by atoms with Crippen LogP contribution in [0.5, 0.6) is 5.75 Å². The van der Waals surface area contributed by atoms with Crippen molar-refractivity contribution in [2.75, 3.05) is 12.4 Å². The predicted molar refractivity (Wildman–Crippen MR) is 112 cm³/mol. The maximum Gasteiger partial charge on any atom is 0.250 e. The fourth-order valence-corrected chi connectivity index (χ4v) is 3.57. The molecule has 1 aromatic heterocycles. The lowest BCUT2D eigenvalue weighted by Crippen LogP contribution is -2.07. The topological polar surface area (TPSA) is 51.2 Å². The molecule has 0 fully saturated rings. The second-order valence-corrected chi connectivity index (χ2v) is 7.60. The smallest absolute Gasteiger partial charge is 0.250 e. The number of carbonyl (C=O) groups is 1. The van der Waals surface area contributed by atoms with Crippen molar-refractivity contribution in [1.29, 1.82) is 0 Å². The van der Waals surface area contributed by atoms with Gasteiger partial charge in [-0.15, -0.1) is 11.3 Å². The van der Waals surface area contributed by atoms with E-state index >= 15 is 0 Å². The van der Waals surface area contributed by atoms with Gasteiger partial charge in [-0.3, -0.25) is 10.1 Å². The highest BCUT2D eigenvalue weighted by Crippen LogP contribution is 2.27. The quantitative estimate of drug-likeness (QED) is 0.522. The van der Waals surface area contributed by atoms with E-state index in [1.165, 1.54) is 17.4 Å². The lowest BCUT2D eigenvalue weighted by Gasteiger charge is -2.02. The summed E-state index contributed by atoms with van der Waals surface area (Å²) in [5, 5.41) is 4.59. The lowest BCUT2D eigenvalue weighted by atomic mass is 10.1. The number of benzene rings is 2. The zero-order valence-electron chi connectivity index (χ0n) is 14.4. The molecule has 1 heterocycles. The van der Waals surface area contributed by atoms with Crippen molar-refractivity contribution < 1.29 is 9.53 Å². The second kappa shape index (κ2) is 9.04. The number of rotatable bonds is 6. The van der Waals surface area contributed by atoms with E-state index in [1.54, 1.807) is 31.5 Å². The van der Waals surface area contributed by atoms with Crippen LogP contribution in [0, 0.1) is 0 Å². The Morgan fingerprint density at radius 3 is 2.74 bits per heavy atom. The molecule has 0 aliphatic rings. The molecule has 1 amide bonds. The van der Waals surface area contributed by atoms with Gasteiger partial charge in [-0.2, -0.15) is 0 Å². The van der Waals surface area contributed by atoms with Crippen LogP contribution in [0.25, 0.3) is 6.08 Å². The van der Waals surface area contributed by atoms with Crippen molar-refractivity contribution in [2.45, 2.75) is 6.42 Å². The third-order valence-corrected chi connectivity index (χ3v) is 5.22. The monoisotopic (exact) mass is 418 g/mol. The van der Waals surface area contributed by atoms with Crippen LogP contribution in [0.3, 0.4) is 0 Å². The van der Waals surface area contributed by atoms with Gasteiger partial charge in [0.05, 0.1) is 7.11 Å². The van der Waals surface area contributed by atoms with Crippen LogP contribution < -0.4 is 10.1 Å². The molecule has 0 radical (unpaired) electrons. The second-order valence-electron chi connectivity index (χ2n) is 5.64. The van der Waals surface area contributed by atoms with Gasteiger partial charge in [-0.1, -0.05) is 35.3 Å². The summed E-state index contributed by atoms with van der Waals surface area (Å²) < 4.78 is 5.11. The number of nitrogens with one attached hydrogen (secondary N) is 1. The van der Waals surface area contributed by atoms with Gasteiger partial charge in [0.25, 0.3) is 0 Å². The van der Waals surface area contributed by atoms with Crippen molar-refractivity contribution >= 4 is 51.7 Å². The third-order valence-electron chi connectivity index (χ3n) is 3.70. The Balaban J connectivity index is 1.60. The maximum atomic E-state index is 12.1. The Hall–Kier alpha value is -2.34. The number of aromatic nitrogens is 1. The summed E-state index contributed by atoms with van der Waals surface area (Å²) in [7, 11) is 1.61. The Morgan fingerprint density at radius 2 is 2.00 bits per heavy atom. The first kappa shape index (κ1) is 19.4. The molecule has 0 saturated heterocycles. The van der Waals surface area contributed by atoms with Crippen LogP contribution >= 0.6 is 34.5 Å². The molecule has 0 unspecified atom stereocenters. The van der Waals surface area contributed by atoms with Gasteiger partial charge in [0, 0.05) is 33.6 Å². The molecule has 0 spiro atoms. The third kappa shape index (κ3) is 5.57. The van der Waals surface area contributed by atoms with E-state index in [9.17, 15) is 4.79 Å². The van der Waals surface area contributed by atoms with E-state index in [-0.39, 0.29) is 5.91 Å². The van der Waals surface area contributed by atoms with Crippen LogP contribution in [0.2, 0.25) is 10.0 Å². The van der Waals surface area contributed by atoms with Crippen molar-refractivity contribution in [3.8, 4) is 5.75 Å². The summed E-state index contributed by atoms with van der Waals surface area (Å²) >= 11 is 13.6. The first-order valence-electron chi connectivity index (χ1n) is 8.05. The highest BCUT2D eigenvalue weighted by atomic mass is 35.5. The molecule has 1 N–H and O–H groups in total. The van der Waals surface area contributed by atoms with Gasteiger partial charge < -0.3 is 4.74 Å². The summed E-state index contributed by atoms with van der Waals surface area (Å²) in [6.45, 7) is 0. The molecule has 0 atom stereocenters. The number of thiazole rings is 1. The Morgan fingerprint density at radius 1 is 1.22 bits per heavy atom. The summed E-state index contributed by atoms with van der Waals surface area (Å²) in [5.74, 6) is 0.527. The fourth-order valence-electron chi connectivity index (χ4n) is 2.35. The molecular formula is C20H16Cl2N2O2S. The van der Waals surface area contributed by atoms with Gasteiger partial charge in [-0.05, 0) is 47.5 Å². The molecule has 0 aliphatic carbocycles. The number of hydrogen-bond donors (Lipinski definition) is 1. The average molecular weight is 419 g/mol. The van der Waals surface area contributed by atoms with Crippen LogP contribution in [0.1, 0.15) is 16.0 Å². The van der Waals surface area contributed by atoms with Crippen molar-refractivity contribution in [1.82, 2.24) is 4.98 Å². The zero-order valence-corrected chi connectivity index (χ0v) is 16.7. The van der Waals surface area contributed by atoms with E-state index in [2.05, 4.69) is 10.3 Å². The molecular weight excluding hydrogens is 403 g/mol. The molecule has 0 saturated carbocycles. The molecule has 27 heavy (non-hydrogen) atoms. The van der Waals surface area contributed by atoms with Crippen LogP contribution in [-0.2, 0) is 11.2 Å². The van der Waals surface area contributed by atoms with Gasteiger partial charge in [0.1, 0.15) is 5.75 Å². The molecule has 4 nitrogen and oxygen atoms in total. The average Bonchev–Trinajstić information content (AvgIpc) is 3.10. The normalized spacial score (nSPS) is 10.9. The largest absolute Gasteiger partial charge is 0.497 e. The van der Waals surface area contributed by atoms with Crippen molar-refractivity contribution in [3.05, 3.63) is 80.8 Å². The first-order valence-corrected chi connectivity index (χ1v) is 9.62. The number of anilines is 1. The van der Waals surface area contributed by atoms with Crippen molar-refractivity contribution in [2.24, 2.45) is 0 Å². The Labute approximate surface area is 171 Å². The van der Waals surface area contributed by atoms with Gasteiger partial charge in [0.2, 0.25) is 5.91 Å². The number of methoxy groups -OCH3 is 1.